The van der Waals surface area contributed by atoms with Crippen LogP contribution in [0.4, 0.5) is 8.78 Å². The topological polar surface area (TPSA) is 44.8 Å². The highest BCUT2D eigenvalue weighted by Gasteiger charge is 2.66. The third kappa shape index (κ3) is 1.95. The van der Waals surface area contributed by atoms with Crippen LogP contribution in [0.25, 0.3) is 0 Å². The van der Waals surface area contributed by atoms with Gasteiger partial charge in [0.15, 0.2) is 5.79 Å². The lowest BCUT2D eigenvalue weighted by Crippen LogP contribution is -2.65. The van der Waals surface area contributed by atoms with Crippen LogP contribution in [0.15, 0.2) is 0 Å². The molecule has 1 saturated heterocycles. The van der Waals surface area contributed by atoms with Crippen LogP contribution in [-0.4, -0.2) is 36.5 Å². The van der Waals surface area contributed by atoms with E-state index >= 15 is 0 Å². The summed E-state index contributed by atoms with van der Waals surface area (Å²) >= 11 is 0. The Morgan fingerprint density at radius 1 is 1.14 bits per heavy atom. The minimum absolute atomic E-state index is 0.157. The summed E-state index contributed by atoms with van der Waals surface area (Å²) in [5.41, 5.74) is -0.729. The molecular weight excluding hydrogens is 282 g/mol. The average Bonchev–Trinajstić information content (AvgIpc) is 2.84. The summed E-state index contributed by atoms with van der Waals surface area (Å²) in [5, 5.41) is 0. The molecule has 2 unspecified atom stereocenters. The SMILES string of the molecule is CC(F)(F)C(=O)OC12CC3CC(C1)C1(OCCO1)C(C3)C2. The van der Waals surface area contributed by atoms with Crippen LogP contribution in [-0.2, 0) is 19.0 Å². The predicted molar refractivity (Wildman–Crippen MR) is 67.6 cm³/mol. The monoisotopic (exact) mass is 302 g/mol. The maximum absolute atomic E-state index is 13.2. The highest BCUT2D eigenvalue weighted by atomic mass is 19.3. The number of esters is 1. The molecule has 0 radical (unpaired) electrons. The number of carbonyl (C=O) groups excluding carboxylic acids is 1. The van der Waals surface area contributed by atoms with Gasteiger partial charge in [-0.3, -0.25) is 0 Å². The van der Waals surface area contributed by atoms with Crippen LogP contribution in [0.2, 0.25) is 0 Å². The zero-order valence-corrected chi connectivity index (χ0v) is 12.1. The van der Waals surface area contributed by atoms with Crippen LogP contribution in [0.5, 0.6) is 0 Å². The lowest BCUT2D eigenvalue weighted by molar-refractivity contribution is -0.316. The highest BCUT2D eigenvalue weighted by Crippen LogP contribution is 2.63. The van der Waals surface area contributed by atoms with Gasteiger partial charge in [0.05, 0.1) is 13.2 Å². The second-order valence-electron chi connectivity index (χ2n) is 7.22. The molecule has 6 heteroatoms. The molecule has 5 rings (SSSR count). The number of hydrogen-bond acceptors (Lipinski definition) is 4. The van der Waals surface area contributed by atoms with Crippen molar-refractivity contribution in [2.75, 3.05) is 13.2 Å². The fraction of sp³-hybridized carbons (Fsp3) is 0.933. The van der Waals surface area contributed by atoms with E-state index in [1.807, 2.05) is 0 Å². The maximum Gasteiger partial charge on any atom is 0.377 e. The smallest absolute Gasteiger partial charge is 0.377 e. The molecule has 21 heavy (non-hydrogen) atoms. The number of carbonyl (C=O) groups is 1. The van der Waals surface area contributed by atoms with E-state index in [1.54, 1.807) is 0 Å². The third-order valence-corrected chi connectivity index (χ3v) is 5.68. The largest absolute Gasteiger partial charge is 0.455 e. The summed E-state index contributed by atoms with van der Waals surface area (Å²) in [4.78, 5) is 11.6. The standard InChI is InChI=1S/C15H20F2O4/c1-13(16,17)12(18)21-14-6-9-4-10(7-14)15(11(5-9)8-14)19-2-3-20-15/h9-11H,2-8H2,1H3. The van der Waals surface area contributed by atoms with Crippen LogP contribution in [0.3, 0.4) is 0 Å². The zero-order valence-electron chi connectivity index (χ0n) is 12.1. The Hall–Kier alpha value is -0.750. The summed E-state index contributed by atoms with van der Waals surface area (Å²) in [6, 6.07) is 0. The minimum Gasteiger partial charge on any atom is -0.455 e. The van der Waals surface area contributed by atoms with Gasteiger partial charge in [0.1, 0.15) is 5.60 Å². The Morgan fingerprint density at radius 3 is 2.24 bits per heavy atom. The van der Waals surface area contributed by atoms with Crippen LogP contribution in [0.1, 0.15) is 39.0 Å². The van der Waals surface area contributed by atoms with Gasteiger partial charge in [-0.15, -0.1) is 0 Å². The van der Waals surface area contributed by atoms with Gasteiger partial charge >= 0.3 is 11.9 Å². The molecule has 0 N–H and O–H groups in total. The van der Waals surface area contributed by atoms with Crippen LogP contribution in [0, 0.1) is 17.8 Å². The molecular formula is C15H20F2O4. The van der Waals surface area contributed by atoms with Crippen molar-refractivity contribution in [1.82, 2.24) is 0 Å². The first-order valence-corrected chi connectivity index (χ1v) is 7.72. The average molecular weight is 302 g/mol. The van der Waals surface area contributed by atoms with Gasteiger partial charge in [0.2, 0.25) is 0 Å². The van der Waals surface area contributed by atoms with Gasteiger partial charge in [0, 0.05) is 18.8 Å². The van der Waals surface area contributed by atoms with Crippen LogP contribution >= 0.6 is 0 Å². The molecule has 4 nitrogen and oxygen atoms in total. The van der Waals surface area contributed by atoms with Crippen molar-refractivity contribution < 1.29 is 27.8 Å². The molecule has 0 aromatic rings. The molecule has 0 aromatic carbocycles. The van der Waals surface area contributed by atoms with Crippen molar-refractivity contribution >= 4 is 5.97 Å². The normalized spacial score (nSPS) is 43.5. The van der Waals surface area contributed by atoms with E-state index in [2.05, 4.69) is 0 Å². The zero-order chi connectivity index (χ0) is 14.9. The van der Waals surface area contributed by atoms with Gasteiger partial charge in [-0.1, -0.05) is 0 Å². The van der Waals surface area contributed by atoms with E-state index in [1.165, 1.54) is 0 Å². The van der Waals surface area contributed by atoms with Crippen molar-refractivity contribution in [2.24, 2.45) is 17.8 Å². The number of alkyl halides is 2. The quantitative estimate of drug-likeness (QED) is 0.735. The first-order chi connectivity index (χ1) is 9.83. The third-order valence-electron chi connectivity index (χ3n) is 5.68. The molecule has 0 aromatic heterocycles. The van der Waals surface area contributed by atoms with E-state index in [0.717, 1.165) is 12.8 Å². The molecule has 1 aliphatic heterocycles. The number of rotatable bonds is 2. The van der Waals surface area contributed by atoms with Crippen molar-refractivity contribution in [1.29, 1.82) is 0 Å². The molecule has 0 amide bonds. The molecule has 4 aliphatic carbocycles. The lowest BCUT2D eigenvalue weighted by Gasteiger charge is -2.62. The first-order valence-electron chi connectivity index (χ1n) is 7.72. The fourth-order valence-electron chi connectivity index (χ4n) is 5.18. The summed E-state index contributed by atoms with van der Waals surface area (Å²) in [7, 11) is 0. The summed E-state index contributed by atoms with van der Waals surface area (Å²) < 4.78 is 43.5. The predicted octanol–water partition coefficient (Wildman–Crippen LogP) is 2.51. The highest BCUT2D eigenvalue weighted by molar-refractivity contribution is 5.77. The molecule has 2 atom stereocenters. The van der Waals surface area contributed by atoms with Crippen molar-refractivity contribution in [2.45, 2.75) is 56.3 Å². The van der Waals surface area contributed by atoms with E-state index in [4.69, 9.17) is 14.2 Å². The van der Waals surface area contributed by atoms with Crippen molar-refractivity contribution in [3.63, 3.8) is 0 Å². The summed E-state index contributed by atoms with van der Waals surface area (Å²) in [6.07, 6.45) is 3.85. The Bertz CT molecular complexity index is 449. The maximum atomic E-state index is 13.2. The van der Waals surface area contributed by atoms with Gasteiger partial charge < -0.3 is 14.2 Å². The molecule has 118 valence electrons. The summed E-state index contributed by atoms with van der Waals surface area (Å²) in [6.45, 7) is 1.79. The molecule has 4 bridgehead atoms. The molecule has 1 spiro atoms. The Labute approximate surface area is 122 Å². The minimum atomic E-state index is -3.43. The molecule has 5 aliphatic rings. The van der Waals surface area contributed by atoms with E-state index in [-0.39, 0.29) is 11.8 Å². The molecule has 5 fully saturated rings. The summed E-state index contributed by atoms with van der Waals surface area (Å²) in [5.74, 6) is -4.62. The first kappa shape index (κ1) is 13.9. The Kier molecular flexibility index (Phi) is 2.75. The number of hydrogen-bond donors (Lipinski definition) is 0. The molecule has 4 saturated carbocycles. The molecule has 1 heterocycles. The number of ether oxygens (including phenoxy) is 3. The second-order valence-corrected chi connectivity index (χ2v) is 7.22. The van der Waals surface area contributed by atoms with Gasteiger partial charge in [-0.25, -0.2) is 4.79 Å². The van der Waals surface area contributed by atoms with Crippen molar-refractivity contribution in [3.05, 3.63) is 0 Å². The van der Waals surface area contributed by atoms with Gasteiger partial charge in [-0.05, 0) is 38.0 Å². The second kappa shape index (κ2) is 4.16. The van der Waals surface area contributed by atoms with E-state index in [9.17, 15) is 13.6 Å². The Balaban J connectivity index is 1.59. The van der Waals surface area contributed by atoms with E-state index in [0.29, 0.717) is 45.3 Å². The van der Waals surface area contributed by atoms with Crippen LogP contribution < -0.4 is 0 Å². The number of halogens is 2. The Morgan fingerprint density at radius 2 is 1.71 bits per heavy atom. The van der Waals surface area contributed by atoms with Crippen molar-refractivity contribution in [3.8, 4) is 0 Å². The lowest BCUT2D eigenvalue weighted by atomic mass is 9.51. The fourth-order valence-corrected chi connectivity index (χ4v) is 5.18. The van der Waals surface area contributed by atoms with E-state index < -0.39 is 23.3 Å². The van der Waals surface area contributed by atoms with Gasteiger partial charge in [0.25, 0.3) is 0 Å². The van der Waals surface area contributed by atoms with Gasteiger partial charge in [-0.2, -0.15) is 8.78 Å².